The van der Waals surface area contributed by atoms with E-state index in [4.69, 9.17) is 16.3 Å². The summed E-state index contributed by atoms with van der Waals surface area (Å²) < 4.78 is 5.16. The minimum atomic E-state index is -0.0115. The third-order valence-electron chi connectivity index (χ3n) is 5.49. The minimum absolute atomic E-state index is 0.0115. The lowest BCUT2D eigenvalue weighted by atomic mass is 9.94. The van der Waals surface area contributed by atoms with Crippen LogP contribution in [-0.4, -0.2) is 47.5 Å². The molecular formula is C25H27ClN4O2S. The van der Waals surface area contributed by atoms with Crippen molar-refractivity contribution in [2.45, 2.75) is 35.2 Å². The molecule has 2 heterocycles. The average molecular weight is 483 g/mol. The number of rotatable bonds is 8. The molecule has 172 valence electrons. The number of aromatic nitrogens is 2. The van der Waals surface area contributed by atoms with Crippen LogP contribution in [0.15, 0.2) is 70.6 Å². The summed E-state index contributed by atoms with van der Waals surface area (Å²) in [4.78, 5) is 26.1. The predicted molar refractivity (Wildman–Crippen MR) is 132 cm³/mol. The number of amides is 1. The van der Waals surface area contributed by atoms with Crippen molar-refractivity contribution in [1.82, 2.24) is 14.9 Å². The van der Waals surface area contributed by atoms with Crippen LogP contribution in [0.1, 0.15) is 30.3 Å². The number of likely N-dealkylation sites (tertiary alicyclic amines) is 1. The lowest BCUT2D eigenvalue weighted by molar-refractivity contribution is -0.117. The molecule has 1 fully saturated rings. The zero-order valence-electron chi connectivity index (χ0n) is 18.5. The second-order valence-electron chi connectivity index (χ2n) is 8.01. The fourth-order valence-electron chi connectivity index (χ4n) is 3.96. The summed E-state index contributed by atoms with van der Waals surface area (Å²) in [6.07, 6.45) is 3.88. The molecular weight excluding hydrogens is 456 g/mol. The fraction of sp³-hybridized carbons (Fsp3) is 0.320. The Morgan fingerprint density at radius 3 is 2.85 bits per heavy atom. The Bertz CT molecular complexity index is 1080. The predicted octanol–water partition coefficient (Wildman–Crippen LogP) is 5.25. The zero-order valence-corrected chi connectivity index (χ0v) is 20.1. The van der Waals surface area contributed by atoms with Crippen molar-refractivity contribution in [2.24, 2.45) is 0 Å². The van der Waals surface area contributed by atoms with E-state index < -0.39 is 0 Å². The highest BCUT2D eigenvalue weighted by atomic mass is 35.5. The van der Waals surface area contributed by atoms with Crippen molar-refractivity contribution < 1.29 is 9.53 Å². The number of hydrogen-bond acceptors (Lipinski definition) is 6. The third kappa shape index (κ3) is 6.77. The summed E-state index contributed by atoms with van der Waals surface area (Å²) in [5, 5.41) is 3.81. The number of carbonyl (C=O) groups excluding carboxylic acids is 1. The van der Waals surface area contributed by atoms with Gasteiger partial charge in [-0.1, -0.05) is 35.5 Å². The molecule has 0 spiro atoms. The van der Waals surface area contributed by atoms with Crippen molar-refractivity contribution >= 4 is 35.0 Å². The molecule has 1 atom stereocenters. The molecule has 2 aromatic carbocycles. The van der Waals surface area contributed by atoms with E-state index in [1.807, 2.05) is 54.6 Å². The standard InChI is InChI=1S/C25H27ClN4O2S/c1-32-17-24-27-13-12-21(28-24)18-5-4-14-30(15-18)16-25(31)29-22-6-2-3-7-23(22)33-20-10-8-19(26)9-11-20/h2-3,6-13,18H,4-5,14-17H2,1H3,(H,29,31)/t18-/m0/s1. The van der Waals surface area contributed by atoms with Gasteiger partial charge < -0.3 is 10.1 Å². The molecule has 3 aromatic rings. The maximum absolute atomic E-state index is 12.9. The van der Waals surface area contributed by atoms with Crippen molar-refractivity contribution in [3.63, 3.8) is 0 Å². The van der Waals surface area contributed by atoms with Gasteiger partial charge in [-0.05, 0) is 61.9 Å². The van der Waals surface area contributed by atoms with Crippen molar-refractivity contribution in [2.75, 3.05) is 32.1 Å². The van der Waals surface area contributed by atoms with Gasteiger partial charge in [0.15, 0.2) is 5.82 Å². The Morgan fingerprint density at radius 1 is 1.21 bits per heavy atom. The van der Waals surface area contributed by atoms with E-state index in [0.29, 0.717) is 24.0 Å². The van der Waals surface area contributed by atoms with Gasteiger partial charge >= 0.3 is 0 Å². The van der Waals surface area contributed by atoms with E-state index in [1.54, 1.807) is 25.1 Å². The Labute approximate surface area is 203 Å². The number of para-hydroxylation sites is 1. The van der Waals surface area contributed by atoms with Crippen LogP contribution < -0.4 is 5.32 Å². The molecule has 1 aliphatic heterocycles. The Balaban J connectivity index is 1.37. The van der Waals surface area contributed by atoms with Gasteiger partial charge in [-0.3, -0.25) is 9.69 Å². The van der Waals surface area contributed by atoms with Crippen LogP contribution in [0.4, 0.5) is 5.69 Å². The monoisotopic (exact) mass is 482 g/mol. The number of nitrogens with one attached hydrogen (secondary N) is 1. The van der Waals surface area contributed by atoms with E-state index in [1.165, 1.54) is 0 Å². The van der Waals surface area contributed by atoms with E-state index in [-0.39, 0.29) is 11.8 Å². The first-order chi connectivity index (χ1) is 16.1. The van der Waals surface area contributed by atoms with Crippen LogP contribution >= 0.6 is 23.4 Å². The first kappa shape index (κ1) is 23.7. The lowest BCUT2D eigenvalue weighted by Gasteiger charge is -2.32. The van der Waals surface area contributed by atoms with Gasteiger partial charge in [0, 0.05) is 46.3 Å². The molecule has 1 aliphatic rings. The Hall–Kier alpha value is -2.45. The third-order valence-corrected chi connectivity index (χ3v) is 6.83. The number of carbonyl (C=O) groups is 1. The average Bonchev–Trinajstić information content (AvgIpc) is 2.82. The molecule has 1 amide bonds. The summed E-state index contributed by atoms with van der Waals surface area (Å²) in [6, 6.07) is 17.5. The molecule has 0 unspecified atom stereocenters. The molecule has 6 nitrogen and oxygen atoms in total. The van der Waals surface area contributed by atoms with Gasteiger partial charge in [0.1, 0.15) is 6.61 Å². The van der Waals surface area contributed by atoms with Crippen LogP contribution in [0.5, 0.6) is 0 Å². The number of methoxy groups -OCH3 is 1. The molecule has 33 heavy (non-hydrogen) atoms. The molecule has 0 bridgehead atoms. The topological polar surface area (TPSA) is 67.3 Å². The molecule has 1 saturated heterocycles. The van der Waals surface area contributed by atoms with Gasteiger partial charge in [0.2, 0.25) is 5.91 Å². The maximum Gasteiger partial charge on any atom is 0.238 e. The molecule has 8 heteroatoms. The second kappa shape index (κ2) is 11.6. The summed E-state index contributed by atoms with van der Waals surface area (Å²) in [5.41, 5.74) is 1.84. The lowest BCUT2D eigenvalue weighted by Crippen LogP contribution is -2.40. The number of ether oxygens (including phenoxy) is 1. The molecule has 1 N–H and O–H groups in total. The minimum Gasteiger partial charge on any atom is -0.377 e. The SMILES string of the molecule is COCc1nccc([C@H]2CCCN(CC(=O)Nc3ccccc3Sc3ccc(Cl)cc3)C2)n1. The summed E-state index contributed by atoms with van der Waals surface area (Å²) in [7, 11) is 1.64. The molecule has 1 aromatic heterocycles. The number of piperidine rings is 1. The highest BCUT2D eigenvalue weighted by Gasteiger charge is 2.24. The van der Waals surface area contributed by atoms with E-state index in [9.17, 15) is 4.79 Å². The normalized spacial score (nSPS) is 16.5. The van der Waals surface area contributed by atoms with Crippen LogP contribution in [0.2, 0.25) is 5.02 Å². The van der Waals surface area contributed by atoms with Crippen LogP contribution in [0.25, 0.3) is 0 Å². The van der Waals surface area contributed by atoms with Gasteiger partial charge in [0.05, 0.1) is 12.2 Å². The smallest absolute Gasteiger partial charge is 0.238 e. The highest BCUT2D eigenvalue weighted by Crippen LogP contribution is 2.34. The zero-order chi connectivity index (χ0) is 23.0. The summed E-state index contributed by atoms with van der Waals surface area (Å²) in [5.74, 6) is 0.972. The first-order valence-corrected chi connectivity index (χ1v) is 12.2. The van der Waals surface area contributed by atoms with Crippen molar-refractivity contribution in [3.05, 3.63) is 77.3 Å². The quantitative estimate of drug-likeness (QED) is 0.473. The molecule has 0 saturated carbocycles. The van der Waals surface area contributed by atoms with E-state index in [0.717, 1.165) is 47.1 Å². The largest absolute Gasteiger partial charge is 0.377 e. The molecule has 4 rings (SSSR count). The second-order valence-corrected chi connectivity index (χ2v) is 9.56. The number of nitrogens with zero attached hydrogens (tertiary/aromatic N) is 3. The van der Waals surface area contributed by atoms with Gasteiger partial charge in [-0.15, -0.1) is 0 Å². The van der Waals surface area contributed by atoms with Crippen LogP contribution in [-0.2, 0) is 16.1 Å². The van der Waals surface area contributed by atoms with Crippen LogP contribution in [0, 0.1) is 0 Å². The summed E-state index contributed by atoms with van der Waals surface area (Å²) in [6.45, 7) is 2.46. The number of anilines is 1. The Kier molecular flexibility index (Phi) is 8.34. The van der Waals surface area contributed by atoms with Gasteiger partial charge in [-0.25, -0.2) is 9.97 Å². The first-order valence-electron chi connectivity index (χ1n) is 11.0. The van der Waals surface area contributed by atoms with Gasteiger partial charge in [-0.2, -0.15) is 0 Å². The van der Waals surface area contributed by atoms with Crippen molar-refractivity contribution in [3.8, 4) is 0 Å². The highest BCUT2D eigenvalue weighted by molar-refractivity contribution is 7.99. The summed E-state index contributed by atoms with van der Waals surface area (Å²) >= 11 is 7.60. The van der Waals surface area contributed by atoms with Gasteiger partial charge in [0.25, 0.3) is 0 Å². The number of benzene rings is 2. The maximum atomic E-state index is 12.9. The molecule has 0 aliphatic carbocycles. The van der Waals surface area contributed by atoms with E-state index >= 15 is 0 Å². The number of hydrogen-bond donors (Lipinski definition) is 1. The van der Waals surface area contributed by atoms with E-state index in [2.05, 4.69) is 20.2 Å². The fourth-order valence-corrected chi connectivity index (χ4v) is 4.99. The van der Waals surface area contributed by atoms with Crippen LogP contribution in [0.3, 0.4) is 0 Å². The molecule has 0 radical (unpaired) electrons. The Morgan fingerprint density at radius 2 is 2.03 bits per heavy atom. The number of halogens is 1. The van der Waals surface area contributed by atoms with Crippen molar-refractivity contribution in [1.29, 1.82) is 0 Å².